The van der Waals surface area contributed by atoms with Gasteiger partial charge in [0.1, 0.15) is 17.6 Å². The molecular weight excluding hydrogens is 320 g/mol. The van der Waals surface area contributed by atoms with Crippen LogP contribution in [0.1, 0.15) is 17.2 Å². The molecule has 0 saturated carbocycles. The Hall–Kier alpha value is -3.18. The van der Waals surface area contributed by atoms with E-state index >= 15 is 0 Å². The van der Waals surface area contributed by atoms with Gasteiger partial charge in [0, 0.05) is 18.2 Å². The number of furan rings is 2. The minimum atomic E-state index is -0.882. The third kappa shape index (κ3) is 2.45. The van der Waals surface area contributed by atoms with Crippen molar-refractivity contribution >= 4 is 0 Å². The molecule has 2 aliphatic carbocycles. The predicted molar refractivity (Wildman–Crippen MR) is 92.1 cm³/mol. The van der Waals surface area contributed by atoms with Gasteiger partial charge in [0.05, 0.1) is 11.1 Å². The van der Waals surface area contributed by atoms with E-state index in [0.29, 0.717) is 33.8 Å². The molecule has 2 aliphatic heterocycles. The standard InChI is InChI=1S/C20H14O5/c1-23-18(16-12-8-4-2-6-10-14(12)24-19(16)21)17-13-9-5-3-7-11-15(13)25-20(17)22/h2-11,18H,1H3. The highest BCUT2D eigenvalue weighted by atomic mass is 16.5. The number of hydrogen-bond acceptors (Lipinski definition) is 5. The normalized spacial score (nSPS) is 11.4. The van der Waals surface area contributed by atoms with Crippen LogP contribution in [0.4, 0.5) is 0 Å². The Bertz CT molecular complexity index is 1000. The second-order valence-electron chi connectivity index (χ2n) is 5.60. The lowest BCUT2D eigenvalue weighted by Crippen LogP contribution is -2.17. The molecule has 2 heterocycles. The fraction of sp³-hybridized carbons (Fsp3) is 0.100. The van der Waals surface area contributed by atoms with Crippen LogP contribution in [0, 0.1) is 0 Å². The van der Waals surface area contributed by atoms with Gasteiger partial charge in [0.2, 0.25) is 0 Å². The SMILES string of the molecule is COC(c1c2cccccc-2oc1=O)c1c2cccccc-2oc1=O. The van der Waals surface area contributed by atoms with Gasteiger partial charge in [-0.05, 0) is 12.1 Å². The Balaban J connectivity index is 1.99. The fourth-order valence-corrected chi connectivity index (χ4v) is 3.09. The van der Waals surface area contributed by atoms with Gasteiger partial charge >= 0.3 is 11.3 Å². The molecule has 25 heavy (non-hydrogen) atoms. The zero-order chi connectivity index (χ0) is 17.4. The first kappa shape index (κ1) is 15.4. The molecule has 0 aromatic rings. The van der Waals surface area contributed by atoms with Gasteiger partial charge in [0.15, 0.2) is 0 Å². The van der Waals surface area contributed by atoms with E-state index in [9.17, 15) is 9.59 Å². The van der Waals surface area contributed by atoms with Crippen molar-refractivity contribution in [2.45, 2.75) is 6.10 Å². The van der Waals surface area contributed by atoms with Crippen LogP contribution in [0.2, 0.25) is 0 Å². The van der Waals surface area contributed by atoms with Gasteiger partial charge in [-0.25, -0.2) is 9.59 Å². The van der Waals surface area contributed by atoms with Crippen molar-refractivity contribution in [2.24, 2.45) is 0 Å². The second-order valence-corrected chi connectivity index (χ2v) is 5.60. The van der Waals surface area contributed by atoms with Crippen molar-refractivity contribution in [1.82, 2.24) is 0 Å². The highest BCUT2D eigenvalue weighted by molar-refractivity contribution is 5.68. The average molecular weight is 334 g/mol. The summed E-state index contributed by atoms with van der Waals surface area (Å²) >= 11 is 0. The summed E-state index contributed by atoms with van der Waals surface area (Å²) in [4.78, 5) is 24.9. The summed E-state index contributed by atoms with van der Waals surface area (Å²) in [5.41, 5.74) is 0.746. The van der Waals surface area contributed by atoms with Crippen LogP contribution in [0.5, 0.6) is 0 Å². The first-order valence-electron chi connectivity index (χ1n) is 7.77. The van der Waals surface area contributed by atoms with Crippen molar-refractivity contribution in [3.8, 4) is 22.6 Å². The van der Waals surface area contributed by atoms with Gasteiger partial charge in [-0.3, -0.25) is 0 Å². The predicted octanol–water partition coefficient (Wildman–Crippen LogP) is 3.54. The maximum absolute atomic E-state index is 12.5. The highest BCUT2D eigenvalue weighted by Crippen LogP contribution is 2.37. The van der Waals surface area contributed by atoms with Crippen LogP contribution in [0.15, 0.2) is 79.1 Å². The smallest absolute Gasteiger partial charge is 0.343 e. The van der Waals surface area contributed by atoms with Gasteiger partial charge in [-0.15, -0.1) is 0 Å². The Morgan fingerprint density at radius 2 is 1.16 bits per heavy atom. The maximum atomic E-state index is 12.5. The lowest BCUT2D eigenvalue weighted by Gasteiger charge is -2.12. The second kappa shape index (κ2) is 6.03. The minimum Gasteiger partial charge on any atom is -0.422 e. The number of ether oxygens (including phenoxy) is 1. The summed E-state index contributed by atoms with van der Waals surface area (Å²) in [6.07, 6.45) is -0.882. The third-order valence-corrected chi connectivity index (χ3v) is 4.18. The van der Waals surface area contributed by atoms with Crippen molar-refractivity contribution in [3.63, 3.8) is 0 Å². The van der Waals surface area contributed by atoms with Crippen molar-refractivity contribution < 1.29 is 13.6 Å². The van der Waals surface area contributed by atoms with Crippen LogP contribution >= 0.6 is 0 Å². The number of methoxy groups -OCH3 is 1. The van der Waals surface area contributed by atoms with Gasteiger partial charge in [-0.2, -0.15) is 0 Å². The lowest BCUT2D eigenvalue weighted by molar-refractivity contribution is 0.134. The number of rotatable bonds is 3. The van der Waals surface area contributed by atoms with E-state index in [1.54, 1.807) is 48.5 Å². The fourth-order valence-electron chi connectivity index (χ4n) is 3.09. The Morgan fingerprint density at radius 1 is 0.720 bits per heavy atom. The Labute approximate surface area is 142 Å². The monoisotopic (exact) mass is 334 g/mol. The molecular formula is C20H14O5. The molecule has 0 amide bonds. The van der Waals surface area contributed by atoms with Crippen LogP contribution in [0.3, 0.4) is 0 Å². The van der Waals surface area contributed by atoms with Crippen molar-refractivity contribution in [2.75, 3.05) is 7.11 Å². The zero-order valence-corrected chi connectivity index (χ0v) is 13.4. The zero-order valence-electron chi connectivity index (χ0n) is 13.4. The molecule has 0 N–H and O–H groups in total. The van der Waals surface area contributed by atoms with Crippen LogP contribution < -0.4 is 11.3 Å². The minimum absolute atomic E-state index is 0.292. The Morgan fingerprint density at radius 3 is 1.60 bits per heavy atom. The first-order chi connectivity index (χ1) is 12.2. The first-order valence-corrected chi connectivity index (χ1v) is 7.77. The molecule has 0 radical (unpaired) electrons. The summed E-state index contributed by atoms with van der Waals surface area (Å²) in [7, 11) is 1.45. The van der Waals surface area contributed by atoms with E-state index < -0.39 is 17.4 Å². The molecule has 124 valence electrons. The molecule has 0 bridgehead atoms. The molecule has 4 rings (SSSR count). The number of fused-ring (bicyclic) bond motifs is 2. The highest BCUT2D eigenvalue weighted by Gasteiger charge is 2.32. The van der Waals surface area contributed by atoms with Crippen molar-refractivity contribution in [3.05, 3.63) is 92.6 Å². The summed E-state index contributed by atoms with van der Waals surface area (Å²) in [6.45, 7) is 0. The third-order valence-electron chi connectivity index (χ3n) is 4.18. The molecule has 0 saturated heterocycles. The van der Waals surface area contributed by atoms with Gasteiger partial charge < -0.3 is 13.6 Å². The van der Waals surface area contributed by atoms with Crippen LogP contribution in [0.25, 0.3) is 22.6 Å². The molecule has 4 aliphatic rings. The topological polar surface area (TPSA) is 69.7 Å². The van der Waals surface area contributed by atoms with Crippen molar-refractivity contribution in [1.29, 1.82) is 0 Å². The van der Waals surface area contributed by atoms with Gasteiger partial charge in [-0.1, -0.05) is 48.5 Å². The molecule has 0 fully saturated rings. The van der Waals surface area contributed by atoms with E-state index in [2.05, 4.69) is 0 Å². The van der Waals surface area contributed by atoms with Gasteiger partial charge in [0.25, 0.3) is 0 Å². The molecule has 5 heteroatoms. The molecule has 0 unspecified atom stereocenters. The molecule has 0 spiro atoms. The molecule has 5 nitrogen and oxygen atoms in total. The quantitative estimate of drug-likeness (QED) is 0.573. The largest absolute Gasteiger partial charge is 0.422 e. The number of hydrogen-bond donors (Lipinski definition) is 0. The maximum Gasteiger partial charge on any atom is 0.343 e. The molecule has 0 aromatic carbocycles. The van der Waals surface area contributed by atoms with E-state index in [1.807, 2.05) is 12.1 Å². The van der Waals surface area contributed by atoms with Crippen LogP contribution in [-0.4, -0.2) is 7.11 Å². The lowest BCUT2D eigenvalue weighted by atomic mass is 9.97. The van der Waals surface area contributed by atoms with E-state index in [4.69, 9.17) is 13.6 Å². The Kier molecular flexibility index (Phi) is 3.71. The average Bonchev–Trinajstić information content (AvgIpc) is 2.87. The van der Waals surface area contributed by atoms with Crippen LogP contribution in [-0.2, 0) is 4.74 Å². The van der Waals surface area contributed by atoms with E-state index in [1.165, 1.54) is 7.11 Å². The summed E-state index contributed by atoms with van der Waals surface area (Å²) < 4.78 is 16.2. The summed E-state index contributed by atoms with van der Waals surface area (Å²) in [5.74, 6) is 0.885. The molecule has 0 atom stereocenters. The van der Waals surface area contributed by atoms with E-state index in [0.717, 1.165) is 0 Å². The molecule has 0 aromatic heterocycles. The summed E-state index contributed by atoms with van der Waals surface area (Å²) in [6, 6.07) is 17.8. The van der Waals surface area contributed by atoms with E-state index in [-0.39, 0.29) is 0 Å². The summed E-state index contributed by atoms with van der Waals surface area (Å²) in [5, 5.41) is 0.